The van der Waals surface area contributed by atoms with Crippen LogP contribution in [-0.4, -0.2) is 19.7 Å². The van der Waals surface area contributed by atoms with Crippen molar-refractivity contribution in [3.05, 3.63) is 71.8 Å². The molecule has 0 bridgehead atoms. The smallest absolute Gasteiger partial charge is 0.227 e. The summed E-state index contributed by atoms with van der Waals surface area (Å²) in [6.45, 7) is 6.43. The molecule has 1 aromatic carbocycles. The molecule has 5 heteroatoms. The molecular weight excluding hydrogens is 336 g/mol. The van der Waals surface area contributed by atoms with Crippen molar-refractivity contribution in [2.45, 2.75) is 32.6 Å². The average molecular weight is 356 g/mol. The monoisotopic (exact) mass is 356 g/mol. The number of hydrogen-bond donors (Lipinski definition) is 0. The van der Waals surface area contributed by atoms with Gasteiger partial charge < -0.3 is 4.42 Å². The fraction of sp³-hybridized carbons (Fsp3) is 0.227. The standard InChI is InChI=1S/C22H20N4O/c1-14-18-16(26(25-14)17-11-7-8-12-23-17)13-22(2,3)20-19(18)27-21(24-20)15-9-5-4-6-10-15/h4-12H,13H2,1-3H3. The number of aromatic nitrogens is 4. The lowest BCUT2D eigenvalue weighted by Gasteiger charge is -2.28. The summed E-state index contributed by atoms with van der Waals surface area (Å²) in [5.74, 6) is 2.31. The Morgan fingerprint density at radius 1 is 1.04 bits per heavy atom. The summed E-state index contributed by atoms with van der Waals surface area (Å²) >= 11 is 0. The number of benzene rings is 1. The third kappa shape index (κ3) is 2.42. The van der Waals surface area contributed by atoms with Gasteiger partial charge in [-0.15, -0.1) is 0 Å². The molecule has 3 aromatic heterocycles. The number of fused-ring (bicyclic) bond motifs is 3. The molecule has 0 saturated carbocycles. The van der Waals surface area contributed by atoms with E-state index in [-0.39, 0.29) is 5.41 Å². The van der Waals surface area contributed by atoms with Gasteiger partial charge in [0.05, 0.1) is 22.6 Å². The Morgan fingerprint density at radius 3 is 2.56 bits per heavy atom. The van der Waals surface area contributed by atoms with Gasteiger partial charge in [0.25, 0.3) is 0 Å². The van der Waals surface area contributed by atoms with Gasteiger partial charge in [-0.1, -0.05) is 38.1 Å². The average Bonchev–Trinajstić information content (AvgIpc) is 3.25. The van der Waals surface area contributed by atoms with Crippen LogP contribution in [0.1, 0.15) is 30.9 Å². The number of pyridine rings is 1. The van der Waals surface area contributed by atoms with E-state index in [1.54, 1.807) is 6.20 Å². The van der Waals surface area contributed by atoms with Gasteiger partial charge in [0, 0.05) is 23.6 Å². The lowest BCUT2D eigenvalue weighted by Crippen LogP contribution is -2.27. The van der Waals surface area contributed by atoms with E-state index in [4.69, 9.17) is 14.5 Å². The highest BCUT2D eigenvalue weighted by Gasteiger charge is 2.40. The largest absolute Gasteiger partial charge is 0.436 e. The Hall–Kier alpha value is -3.21. The first-order chi connectivity index (χ1) is 13.0. The van der Waals surface area contributed by atoms with Crippen LogP contribution in [0.3, 0.4) is 0 Å². The maximum absolute atomic E-state index is 6.30. The van der Waals surface area contributed by atoms with E-state index >= 15 is 0 Å². The number of hydrogen-bond acceptors (Lipinski definition) is 4. The fourth-order valence-corrected chi connectivity index (χ4v) is 3.86. The number of rotatable bonds is 2. The Balaban J connectivity index is 1.74. The summed E-state index contributed by atoms with van der Waals surface area (Å²) in [5, 5.41) is 4.78. The second-order valence-electron chi connectivity index (χ2n) is 7.63. The summed E-state index contributed by atoms with van der Waals surface area (Å²) in [6.07, 6.45) is 2.62. The van der Waals surface area contributed by atoms with Crippen LogP contribution in [0.4, 0.5) is 0 Å². The molecule has 0 atom stereocenters. The van der Waals surface area contributed by atoms with E-state index in [2.05, 4.69) is 18.8 Å². The second kappa shape index (κ2) is 5.64. The SMILES string of the molecule is Cc1nn(-c2ccccn2)c2c1-c1oc(-c3ccccc3)nc1C(C)(C)C2. The highest BCUT2D eigenvalue weighted by atomic mass is 16.4. The Kier molecular flexibility index (Phi) is 3.34. The molecule has 0 spiro atoms. The molecular formula is C22H20N4O. The number of nitrogens with zero attached hydrogens (tertiary/aromatic N) is 4. The minimum absolute atomic E-state index is 0.155. The Labute approximate surface area is 157 Å². The minimum Gasteiger partial charge on any atom is -0.436 e. The normalized spacial score (nSPS) is 14.6. The van der Waals surface area contributed by atoms with Crippen LogP contribution in [0.5, 0.6) is 0 Å². The first-order valence-corrected chi connectivity index (χ1v) is 9.11. The highest BCUT2D eigenvalue weighted by Crippen LogP contribution is 2.46. The summed E-state index contributed by atoms with van der Waals surface area (Å²) in [5.41, 5.74) is 4.93. The summed E-state index contributed by atoms with van der Waals surface area (Å²) < 4.78 is 8.24. The molecule has 0 N–H and O–H groups in total. The predicted molar refractivity (Wildman–Crippen MR) is 104 cm³/mol. The second-order valence-corrected chi connectivity index (χ2v) is 7.63. The highest BCUT2D eigenvalue weighted by molar-refractivity contribution is 5.72. The lowest BCUT2D eigenvalue weighted by atomic mass is 9.77. The zero-order chi connectivity index (χ0) is 18.6. The van der Waals surface area contributed by atoms with Crippen LogP contribution in [-0.2, 0) is 11.8 Å². The van der Waals surface area contributed by atoms with E-state index in [0.717, 1.165) is 46.2 Å². The van der Waals surface area contributed by atoms with Crippen LogP contribution >= 0.6 is 0 Å². The van der Waals surface area contributed by atoms with Crippen molar-refractivity contribution in [1.82, 2.24) is 19.7 Å². The molecule has 0 aliphatic heterocycles. The van der Waals surface area contributed by atoms with Gasteiger partial charge >= 0.3 is 0 Å². The van der Waals surface area contributed by atoms with Gasteiger partial charge in [0.1, 0.15) is 0 Å². The van der Waals surface area contributed by atoms with Gasteiger partial charge in [0.2, 0.25) is 5.89 Å². The Morgan fingerprint density at radius 2 is 1.81 bits per heavy atom. The van der Waals surface area contributed by atoms with E-state index < -0.39 is 0 Å². The number of oxazole rings is 1. The molecule has 0 saturated heterocycles. The van der Waals surface area contributed by atoms with Gasteiger partial charge in [0.15, 0.2) is 11.6 Å². The van der Waals surface area contributed by atoms with E-state index in [1.165, 1.54) is 0 Å². The maximum Gasteiger partial charge on any atom is 0.227 e. The van der Waals surface area contributed by atoms with E-state index in [1.807, 2.05) is 60.1 Å². The maximum atomic E-state index is 6.30. The molecule has 134 valence electrons. The van der Waals surface area contributed by atoms with Crippen molar-refractivity contribution >= 4 is 0 Å². The molecule has 4 aromatic rings. The zero-order valence-corrected chi connectivity index (χ0v) is 15.6. The zero-order valence-electron chi connectivity index (χ0n) is 15.6. The Bertz CT molecular complexity index is 1120. The quantitative estimate of drug-likeness (QED) is 0.521. The topological polar surface area (TPSA) is 56.7 Å². The van der Waals surface area contributed by atoms with Gasteiger partial charge in [-0.25, -0.2) is 14.6 Å². The summed E-state index contributed by atoms with van der Waals surface area (Å²) in [7, 11) is 0. The fourth-order valence-electron chi connectivity index (χ4n) is 3.86. The molecule has 3 heterocycles. The molecule has 27 heavy (non-hydrogen) atoms. The van der Waals surface area contributed by atoms with Crippen LogP contribution in [0.15, 0.2) is 59.1 Å². The van der Waals surface area contributed by atoms with Crippen LogP contribution in [0.2, 0.25) is 0 Å². The number of aryl methyl sites for hydroxylation is 1. The van der Waals surface area contributed by atoms with Gasteiger partial charge in [-0.05, 0) is 31.2 Å². The van der Waals surface area contributed by atoms with Crippen molar-refractivity contribution < 1.29 is 4.42 Å². The van der Waals surface area contributed by atoms with E-state index in [9.17, 15) is 0 Å². The summed E-state index contributed by atoms with van der Waals surface area (Å²) in [6, 6.07) is 15.9. The van der Waals surface area contributed by atoms with Crippen molar-refractivity contribution in [2.75, 3.05) is 0 Å². The molecule has 0 unspecified atom stereocenters. The van der Waals surface area contributed by atoms with Crippen molar-refractivity contribution in [3.8, 4) is 28.6 Å². The molecule has 0 fully saturated rings. The molecule has 1 aliphatic carbocycles. The minimum atomic E-state index is -0.155. The first kappa shape index (κ1) is 16.0. The molecule has 5 nitrogen and oxygen atoms in total. The molecule has 5 rings (SSSR count). The third-order valence-electron chi connectivity index (χ3n) is 5.15. The molecule has 0 radical (unpaired) electrons. The first-order valence-electron chi connectivity index (χ1n) is 9.11. The van der Waals surface area contributed by atoms with Crippen LogP contribution < -0.4 is 0 Å². The molecule has 0 amide bonds. The summed E-state index contributed by atoms with van der Waals surface area (Å²) in [4.78, 5) is 9.36. The van der Waals surface area contributed by atoms with Gasteiger partial charge in [-0.3, -0.25) is 0 Å². The van der Waals surface area contributed by atoms with Crippen molar-refractivity contribution in [2.24, 2.45) is 0 Å². The van der Waals surface area contributed by atoms with Crippen LogP contribution in [0, 0.1) is 6.92 Å². The van der Waals surface area contributed by atoms with Crippen LogP contribution in [0.25, 0.3) is 28.6 Å². The van der Waals surface area contributed by atoms with Gasteiger partial charge in [-0.2, -0.15) is 5.10 Å². The van der Waals surface area contributed by atoms with Crippen molar-refractivity contribution in [1.29, 1.82) is 0 Å². The molecule has 1 aliphatic rings. The third-order valence-corrected chi connectivity index (χ3v) is 5.15. The predicted octanol–water partition coefficient (Wildman–Crippen LogP) is 4.73. The van der Waals surface area contributed by atoms with Crippen molar-refractivity contribution in [3.63, 3.8) is 0 Å². The van der Waals surface area contributed by atoms with E-state index in [0.29, 0.717) is 5.89 Å². The lowest BCUT2D eigenvalue weighted by molar-refractivity contribution is 0.478.